The summed E-state index contributed by atoms with van der Waals surface area (Å²) in [6.07, 6.45) is 0. The van der Waals surface area contributed by atoms with Crippen LogP contribution in [0.5, 0.6) is 0 Å². The molecule has 0 N–H and O–H groups in total. The maximum atomic E-state index is 6.04. The first-order valence-electron chi connectivity index (χ1n) is 6.12. The summed E-state index contributed by atoms with van der Waals surface area (Å²) >= 11 is 9.49. The highest BCUT2D eigenvalue weighted by Gasteiger charge is 2.21. The number of anilines is 1. The van der Waals surface area contributed by atoms with E-state index in [-0.39, 0.29) is 5.28 Å². The fourth-order valence-electron chi connectivity index (χ4n) is 2.21. The van der Waals surface area contributed by atoms with Crippen LogP contribution in [0.15, 0.2) is 4.73 Å². The number of hydrogen-bond donors (Lipinski definition) is 0. The monoisotopic (exact) mass is 345 g/mol. The molecule has 0 saturated carbocycles. The number of nitrogens with zero attached hydrogens (tertiary/aromatic N) is 5. The third-order valence-electron chi connectivity index (χ3n) is 3.13. The molecular formula is C11H13BrClN5O. The average Bonchev–Trinajstić information content (AvgIpc) is 2.74. The topological polar surface area (TPSA) is 56.1 Å². The summed E-state index contributed by atoms with van der Waals surface area (Å²) in [5, 5.41) is 0.246. The van der Waals surface area contributed by atoms with Gasteiger partial charge in [0.1, 0.15) is 0 Å². The van der Waals surface area contributed by atoms with E-state index in [0.717, 1.165) is 41.3 Å². The molecule has 0 atom stereocenters. The molecule has 0 unspecified atom stereocenters. The Hall–Kier alpha value is -0.920. The maximum Gasteiger partial charge on any atom is 0.226 e. The molecule has 0 radical (unpaired) electrons. The van der Waals surface area contributed by atoms with Crippen molar-refractivity contribution in [2.24, 2.45) is 0 Å². The summed E-state index contributed by atoms with van der Waals surface area (Å²) < 4.78 is 8.07. The van der Waals surface area contributed by atoms with Crippen LogP contribution in [0.1, 0.15) is 6.92 Å². The van der Waals surface area contributed by atoms with E-state index in [4.69, 9.17) is 16.3 Å². The smallest absolute Gasteiger partial charge is 0.226 e. The summed E-state index contributed by atoms with van der Waals surface area (Å²) in [5.41, 5.74) is 1.54. The number of imidazole rings is 1. The van der Waals surface area contributed by atoms with Crippen LogP contribution in [0.2, 0.25) is 5.28 Å². The molecule has 1 saturated heterocycles. The standard InChI is InChI=1S/C11H13BrClN5O/c1-2-18-9-7(14-10(18)12)8(15-11(13)16-9)17-3-5-19-6-4-17/h2-6H2,1H3. The molecule has 0 aliphatic carbocycles. The molecule has 2 aromatic rings. The van der Waals surface area contributed by atoms with Gasteiger partial charge in [-0.25, -0.2) is 4.98 Å². The molecule has 1 fully saturated rings. The number of hydrogen-bond acceptors (Lipinski definition) is 5. The van der Waals surface area contributed by atoms with Crippen LogP contribution >= 0.6 is 27.5 Å². The van der Waals surface area contributed by atoms with Gasteiger partial charge in [-0.15, -0.1) is 0 Å². The molecule has 102 valence electrons. The van der Waals surface area contributed by atoms with Crippen LogP contribution in [0.3, 0.4) is 0 Å². The zero-order valence-corrected chi connectivity index (χ0v) is 12.8. The Bertz CT molecular complexity index is 611. The van der Waals surface area contributed by atoms with Gasteiger partial charge in [0.25, 0.3) is 0 Å². The van der Waals surface area contributed by atoms with E-state index >= 15 is 0 Å². The normalized spacial score (nSPS) is 16.3. The molecule has 2 aromatic heterocycles. The highest BCUT2D eigenvalue weighted by Crippen LogP contribution is 2.28. The summed E-state index contributed by atoms with van der Waals surface area (Å²) in [5.74, 6) is 0.784. The van der Waals surface area contributed by atoms with Crippen LogP contribution in [-0.4, -0.2) is 45.8 Å². The number of aryl methyl sites for hydroxylation is 1. The molecular weight excluding hydrogens is 334 g/mol. The largest absolute Gasteiger partial charge is 0.378 e. The second kappa shape index (κ2) is 5.22. The Morgan fingerprint density at radius 2 is 2.00 bits per heavy atom. The van der Waals surface area contributed by atoms with Crippen LogP contribution in [0, 0.1) is 0 Å². The van der Waals surface area contributed by atoms with Crippen molar-refractivity contribution in [2.45, 2.75) is 13.5 Å². The molecule has 6 nitrogen and oxygen atoms in total. The van der Waals surface area contributed by atoms with Crippen molar-refractivity contribution in [2.75, 3.05) is 31.2 Å². The number of ether oxygens (including phenoxy) is 1. The van der Waals surface area contributed by atoms with Gasteiger partial charge in [-0.3, -0.25) is 0 Å². The lowest BCUT2D eigenvalue weighted by molar-refractivity contribution is 0.122. The van der Waals surface area contributed by atoms with Gasteiger partial charge in [0.15, 0.2) is 21.7 Å². The first-order valence-corrected chi connectivity index (χ1v) is 7.29. The van der Waals surface area contributed by atoms with Crippen molar-refractivity contribution in [3.05, 3.63) is 10.0 Å². The highest BCUT2D eigenvalue weighted by atomic mass is 79.9. The zero-order valence-electron chi connectivity index (χ0n) is 10.4. The average molecular weight is 347 g/mol. The molecule has 0 spiro atoms. The third kappa shape index (κ3) is 2.30. The Morgan fingerprint density at radius 3 is 2.68 bits per heavy atom. The van der Waals surface area contributed by atoms with Gasteiger partial charge in [-0.2, -0.15) is 9.97 Å². The molecule has 3 heterocycles. The zero-order chi connectivity index (χ0) is 13.4. The van der Waals surface area contributed by atoms with E-state index in [1.165, 1.54) is 0 Å². The first kappa shape index (κ1) is 13.1. The van der Waals surface area contributed by atoms with Crippen LogP contribution in [-0.2, 0) is 11.3 Å². The van der Waals surface area contributed by atoms with Crippen LogP contribution in [0.25, 0.3) is 11.2 Å². The van der Waals surface area contributed by atoms with Crippen molar-refractivity contribution >= 4 is 44.5 Å². The second-order valence-electron chi connectivity index (χ2n) is 4.21. The van der Waals surface area contributed by atoms with Gasteiger partial charge >= 0.3 is 0 Å². The molecule has 1 aliphatic heterocycles. The second-order valence-corrected chi connectivity index (χ2v) is 5.26. The SMILES string of the molecule is CCn1c(Br)nc2c(N3CCOCC3)nc(Cl)nc21. The maximum absolute atomic E-state index is 6.04. The molecule has 8 heteroatoms. The lowest BCUT2D eigenvalue weighted by Gasteiger charge is -2.27. The number of fused-ring (bicyclic) bond motifs is 1. The molecule has 0 amide bonds. The van der Waals surface area contributed by atoms with Gasteiger partial charge in [0.2, 0.25) is 5.28 Å². The minimum absolute atomic E-state index is 0.246. The number of halogens is 2. The first-order chi connectivity index (χ1) is 9.20. The molecule has 1 aliphatic rings. The lowest BCUT2D eigenvalue weighted by Crippen LogP contribution is -2.37. The van der Waals surface area contributed by atoms with Crippen molar-refractivity contribution in [3.63, 3.8) is 0 Å². The minimum Gasteiger partial charge on any atom is -0.378 e. The molecule has 3 rings (SSSR count). The van der Waals surface area contributed by atoms with Crippen LogP contribution in [0.4, 0.5) is 5.82 Å². The van der Waals surface area contributed by atoms with Gasteiger partial charge in [0, 0.05) is 19.6 Å². The fraction of sp³-hybridized carbons (Fsp3) is 0.545. The third-order valence-corrected chi connectivity index (χ3v) is 3.90. The van der Waals surface area contributed by atoms with Gasteiger partial charge in [0.05, 0.1) is 13.2 Å². The summed E-state index contributed by atoms with van der Waals surface area (Å²) in [6, 6.07) is 0. The number of aromatic nitrogens is 4. The van der Waals surface area contributed by atoms with E-state index in [1.807, 2.05) is 11.5 Å². The Labute approximate surface area is 123 Å². The predicted octanol–water partition coefficient (Wildman–Crippen LogP) is 2.10. The summed E-state index contributed by atoms with van der Waals surface area (Å²) in [7, 11) is 0. The Morgan fingerprint density at radius 1 is 1.26 bits per heavy atom. The van der Waals surface area contributed by atoms with E-state index < -0.39 is 0 Å². The minimum atomic E-state index is 0.246. The van der Waals surface area contributed by atoms with E-state index in [2.05, 4.69) is 35.8 Å². The fourth-order valence-corrected chi connectivity index (χ4v) is 2.97. The number of morpholine rings is 1. The molecule has 19 heavy (non-hydrogen) atoms. The van der Waals surface area contributed by atoms with Crippen LogP contribution < -0.4 is 4.90 Å². The van der Waals surface area contributed by atoms with Crippen molar-refractivity contribution in [3.8, 4) is 0 Å². The molecule has 0 bridgehead atoms. The van der Waals surface area contributed by atoms with Crippen molar-refractivity contribution < 1.29 is 4.74 Å². The highest BCUT2D eigenvalue weighted by molar-refractivity contribution is 9.10. The molecule has 0 aromatic carbocycles. The van der Waals surface area contributed by atoms with Gasteiger partial charge < -0.3 is 14.2 Å². The van der Waals surface area contributed by atoms with E-state index in [9.17, 15) is 0 Å². The van der Waals surface area contributed by atoms with Crippen molar-refractivity contribution in [1.29, 1.82) is 0 Å². The predicted molar refractivity (Wildman–Crippen MR) is 76.7 cm³/mol. The van der Waals surface area contributed by atoms with E-state index in [0.29, 0.717) is 13.2 Å². The van der Waals surface area contributed by atoms with Gasteiger partial charge in [-0.05, 0) is 34.5 Å². The summed E-state index contributed by atoms with van der Waals surface area (Å²) in [4.78, 5) is 15.3. The summed E-state index contributed by atoms with van der Waals surface area (Å²) in [6.45, 7) is 5.78. The Balaban J connectivity index is 2.17. The van der Waals surface area contributed by atoms with E-state index in [1.54, 1.807) is 0 Å². The lowest BCUT2D eigenvalue weighted by atomic mass is 10.4. The van der Waals surface area contributed by atoms with Crippen molar-refractivity contribution in [1.82, 2.24) is 19.5 Å². The van der Waals surface area contributed by atoms with Gasteiger partial charge in [-0.1, -0.05) is 0 Å². The Kier molecular flexibility index (Phi) is 3.60. The quantitative estimate of drug-likeness (QED) is 0.616. The number of rotatable bonds is 2.